The largest absolute Gasteiger partial charge is 0.449 e. The molecule has 174 valence electrons. The number of methoxy groups -OCH3 is 1. The maximum absolute atomic E-state index is 15.5. The minimum Gasteiger partial charge on any atom is -0.384 e. The third-order valence-corrected chi connectivity index (χ3v) is 4.77. The van der Waals surface area contributed by atoms with Crippen molar-refractivity contribution < 1.29 is 35.5 Å². The molecule has 0 amide bonds. The van der Waals surface area contributed by atoms with Gasteiger partial charge in [-0.2, -0.15) is 26.3 Å². The van der Waals surface area contributed by atoms with Gasteiger partial charge in [0.2, 0.25) is 5.82 Å². The Bertz CT molecular complexity index is 1300. The Balaban J connectivity index is 2.43. The van der Waals surface area contributed by atoms with Crippen LogP contribution in [0.5, 0.6) is 0 Å². The molecule has 0 saturated carbocycles. The van der Waals surface area contributed by atoms with E-state index in [4.69, 9.17) is 4.74 Å². The highest BCUT2D eigenvalue weighted by molar-refractivity contribution is 5.82. The maximum atomic E-state index is 15.5. The van der Waals surface area contributed by atoms with E-state index < -0.39 is 58.1 Å². The lowest BCUT2D eigenvalue weighted by Gasteiger charge is -2.18. The number of imidazole rings is 1. The van der Waals surface area contributed by atoms with Gasteiger partial charge in [-0.05, 0) is 6.07 Å². The number of fused-ring (bicyclic) bond motifs is 1. The number of nitrogens with one attached hydrogen (secondary N) is 1. The maximum Gasteiger partial charge on any atom is 0.449 e. The average Bonchev–Trinajstić information content (AvgIpc) is 3.08. The predicted molar refractivity (Wildman–Crippen MR) is 97.2 cm³/mol. The summed E-state index contributed by atoms with van der Waals surface area (Å²) < 4.78 is 99.3. The van der Waals surface area contributed by atoms with Gasteiger partial charge in [0, 0.05) is 31.7 Å². The molecule has 0 aliphatic rings. The first kappa shape index (κ1) is 23.5. The molecule has 0 saturated heterocycles. The topological polar surface area (TPSA) is 81.9 Å². The van der Waals surface area contributed by atoms with Crippen LogP contribution in [-0.4, -0.2) is 32.8 Å². The number of benzene rings is 1. The van der Waals surface area contributed by atoms with Crippen LogP contribution in [0.4, 0.5) is 30.7 Å². The lowest BCUT2D eigenvalue weighted by Crippen LogP contribution is -2.41. The Labute approximate surface area is 174 Å². The summed E-state index contributed by atoms with van der Waals surface area (Å²) in [6.07, 6.45) is -9.96. The Morgan fingerprint density at radius 3 is 2.28 bits per heavy atom. The van der Waals surface area contributed by atoms with E-state index in [1.165, 1.54) is 14.0 Å². The quantitative estimate of drug-likeness (QED) is 0.596. The highest BCUT2D eigenvalue weighted by atomic mass is 19.4. The van der Waals surface area contributed by atoms with Gasteiger partial charge in [-0.1, -0.05) is 6.92 Å². The molecule has 7 nitrogen and oxygen atoms in total. The number of hydrogen-bond acceptors (Lipinski definition) is 4. The van der Waals surface area contributed by atoms with Crippen LogP contribution in [0, 0.1) is 5.82 Å². The second kappa shape index (κ2) is 7.76. The molecule has 2 heterocycles. The summed E-state index contributed by atoms with van der Waals surface area (Å²) in [5.41, 5.74) is -6.64. The van der Waals surface area contributed by atoms with Gasteiger partial charge in [0.25, 0.3) is 5.56 Å². The molecule has 0 radical (unpaired) electrons. The summed E-state index contributed by atoms with van der Waals surface area (Å²) >= 11 is 0. The van der Waals surface area contributed by atoms with E-state index in [9.17, 15) is 35.9 Å². The molecule has 0 spiro atoms. The van der Waals surface area contributed by atoms with Crippen LogP contribution in [0.15, 0.2) is 21.7 Å². The lowest BCUT2D eigenvalue weighted by atomic mass is 9.98. The van der Waals surface area contributed by atoms with Crippen molar-refractivity contribution in [2.24, 2.45) is 7.05 Å². The van der Waals surface area contributed by atoms with Crippen molar-refractivity contribution in [3.8, 4) is 5.69 Å². The minimum atomic E-state index is -5.05. The summed E-state index contributed by atoms with van der Waals surface area (Å²) in [5, 5.41) is 0. The van der Waals surface area contributed by atoms with Crippen molar-refractivity contribution in [1.82, 2.24) is 19.1 Å². The second-order valence-electron chi connectivity index (χ2n) is 7.00. The zero-order valence-corrected chi connectivity index (χ0v) is 16.7. The van der Waals surface area contributed by atoms with Crippen LogP contribution in [0.3, 0.4) is 0 Å². The van der Waals surface area contributed by atoms with Crippen LogP contribution >= 0.6 is 0 Å². The second-order valence-corrected chi connectivity index (χ2v) is 7.00. The molecule has 3 rings (SSSR count). The van der Waals surface area contributed by atoms with E-state index in [1.54, 1.807) is 0 Å². The SMILES string of the molecule is COCC(C)c1c(F)c(-n2c(=O)cc(C(F)(F)F)n(C)c2=O)cc2nc(C(F)(F)F)[nH]c12. The molecule has 0 fully saturated rings. The molecule has 1 N–H and O–H groups in total. The molecule has 2 aromatic heterocycles. The molecule has 1 aromatic carbocycles. The van der Waals surface area contributed by atoms with E-state index in [1.807, 2.05) is 4.98 Å². The first-order valence-corrected chi connectivity index (χ1v) is 8.87. The fraction of sp³-hybridized carbons (Fsp3) is 0.389. The van der Waals surface area contributed by atoms with Crippen molar-refractivity contribution in [3.05, 3.63) is 55.9 Å². The standard InChI is InChI=1S/C18H15F7N4O3/c1-7(6-32-3)12-13(19)9(4-8-14(12)27-15(26-8)18(23,24)25)29-11(30)5-10(17(20,21)22)28(2)16(29)31/h4-5,7H,6H2,1-3H3,(H,26,27). The Hall–Kier alpha value is -3.16. The molecular weight excluding hydrogens is 453 g/mol. The monoisotopic (exact) mass is 468 g/mol. The number of rotatable bonds is 4. The molecule has 0 bridgehead atoms. The number of ether oxygens (including phenoxy) is 1. The van der Waals surface area contributed by atoms with E-state index in [2.05, 4.69) is 4.98 Å². The molecule has 14 heteroatoms. The summed E-state index contributed by atoms with van der Waals surface area (Å²) in [6, 6.07) is 0.782. The molecule has 0 aliphatic carbocycles. The molecular formula is C18H15F7N4O3. The number of H-pyrrole nitrogens is 1. The number of halogens is 7. The van der Waals surface area contributed by atoms with Crippen LogP contribution in [-0.2, 0) is 24.1 Å². The van der Waals surface area contributed by atoms with E-state index >= 15 is 4.39 Å². The minimum absolute atomic E-state index is 0.0922. The molecule has 0 aliphatic heterocycles. The van der Waals surface area contributed by atoms with Gasteiger partial charge in [0.1, 0.15) is 5.69 Å². The van der Waals surface area contributed by atoms with Gasteiger partial charge in [-0.3, -0.25) is 9.36 Å². The Morgan fingerprint density at radius 1 is 1.12 bits per heavy atom. The molecule has 3 aromatic rings. The van der Waals surface area contributed by atoms with Gasteiger partial charge < -0.3 is 9.72 Å². The average molecular weight is 468 g/mol. The van der Waals surface area contributed by atoms with Gasteiger partial charge in [-0.25, -0.2) is 18.7 Å². The van der Waals surface area contributed by atoms with Crippen LogP contribution in [0.2, 0.25) is 0 Å². The van der Waals surface area contributed by atoms with Gasteiger partial charge in [0.05, 0.1) is 23.3 Å². The Kier molecular flexibility index (Phi) is 5.70. The van der Waals surface area contributed by atoms with Crippen molar-refractivity contribution in [2.45, 2.75) is 25.2 Å². The summed E-state index contributed by atoms with van der Waals surface area (Å²) in [6.45, 7) is 1.25. The molecule has 1 atom stereocenters. The van der Waals surface area contributed by atoms with E-state index in [0.717, 1.165) is 7.05 Å². The molecule has 32 heavy (non-hydrogen) atoms. The van der Waals surface area contributed by atoms with Crippen molar-refractivity contribution in [1.29, 1.82) is 0 Å². The summed E-state index contributed by atoms with van der Waals surface area (Å²) in [4.78, 5) is 30.3. The van der Waals surface area contributed by atoms with Crippen molar-refractivity contribution in [3.63, 3.8) is 0 Å². The van der Waals surface area contributed by atoms with Gasteiger partial charge >= 0.3 is 18.0 Å². The van der Waals surface area contributed by atoms with Crippen molar-refractivity contribution in [2.75, 3.05) is 13.7 Å². The lowest BCUT2D eigenvalue weighted by molar-refractivity contribution is -0.144. The number of aromatic nitrogens is 4. The predicted octanol–water partition coefficient (Wildman–Crippen LogP) is 3.34. The van der Waals surface area contributed by atoms with Crippen molar-refractivity contribution >= 4 is 11.0 Å². The number of hydrogen-bond donors (Lipinski definition) is 1. The number of aromatic amines is 1. The third-order valence-electron chi connectivity index (χ3n) is 4.77. The van der Waals surface area contributed by atoms with Gasteiger partial charge in [0.15, 0.2) is 5.82 Å². The molecule has 1 unspecified atom stereocenters. The first-order valence-electron chi connectivity index (χ1n) is 8.87. The fourth-order valence-electron chi connectivity index (χ4n) is 3.35. The summed E-state index contributed by atoms with van der Waals surface area (Å²) in [7, 11) is 1.99. The van der Waals surface area contributed by atoms with Gasteiger partial charge in [-0.15, -0.1) is 0 Å². The highest BCUT2D eigenvalue weighted by Gasteiger charge is 2.37. The van der Waals surface area contributed by atoms with E-state index in [-0.39, 0.29) is 32.9 Å². The zero-order valence-electron chi connectivity index (χ0n) is 16.7. The number of alkyl halides is 6. The number of nitrogens with zero attached hydrogens (tertiary/aromatic N) is 3. The first-order chi connectivity index (χ1) is 14.7. The summed E-state index contributed by atoms with van der Waals surface area (Å²) in [5.74, 6) is -3.61. The van der Waals surface area contributed by atoms with Crippen LogP contribution < -0.4 is 11.2 Å². The van der Waals surface area contributed by atoms with Crippen LogP contribution in [0.1, 0.15) is 29.9 Å². The zero-order chi connectivity index (χ0) is 24.2. The third kappa shape index (κ3) is 3.89. The smallest absolute Gasteiger partial charge is 0.384 e. The highest BCUT2D eigenvalue weighted by Crippen LogP contribution is 2.35. The normalized spacial score (nSPS) is 13.7. The Morgan fingerprint density at radius 2 is 1.75 bits per heavy atom. The fourth-order valence-corrected chi connectivity index (χ4v) is 3.35. The van der Waals surface area contributed by atoms with Crippen LogP contribution in [0.25, 0.3) is 16.7 Å². The van der Waals surface area contributed by atoms with E-state index in [0.29, 0.717) is 6.07 Å².